The fourth-order valence-electron chi connectivity index (χ4n) is 2.76. The molecule has 0 unspecified atom stereocenters. The minimum absolute atomic E-state index is 0.140. The number of hydrogen-bond donors (Lipinski definition) is 2. The van der Waals surface area contributed by atoms with Crippen LogP contribution in [-0.2, 0) is 10.3 Å². The molecule has 2 rings (SSSR count). The van der Waals surface area contributed by atoms with Crippen LogP contribution in [-0.4, -0.2) is 26.3 Å². The Balaban J connectivity index is 2.06. The van der Waals surface area contributed by atoms with Crippen LogP contribution >= 0.6 is 11.6 Å². The molecule has 0 aromatic heterocycles. The summed E-state index contributed by atoms with van der Waals surface area (Å²) in [6.07, 6.45) is 4.18. The van der Waals surface area contributed by atoms with Gasteiger partial charge >= 0.3 is 6.03 Å². The van der Waals surface area contributed by atoms with E-state index in [1.807, 2.05) is 24.3 Å². The van der Waals surface area contributed by atoms with Crippen molar-refractivity contribution in [3.05, 3.63) is 34.9 Å². The zero-order valence-electron chi connectivity index (χ0n) is 11.7. The van der Waals surface area contributed by atoms with E-state index in [9.17, 15) is 4.79 Å². The van der Waals surface area contributed by atoms with Crippen LogP contribution in [0.15, 0.2) is 24.3 Å². The molecule has 1 saturated carbocycles. The Bertz CT molecular complexity index is 442. The van der Waals surface area contributed by atoms with Gasteiger partial charge < -0.3 is 15.4 Å². The number of ether oxygens (including phenoxy) is 1. The summed E-state index contributed by atoms with van der Waals surface area (Å²) in [7, 11) is 1.62. The third-order valence-electron chi connectivity index (χ3n) is 3.80. The largest absolute Gasteiger partial charge is 0.383 e. The van der Waals surface area contributed by atoms with Gasteiger partial charge in [-0.25, -0.2) is 4.79 Å². The summed E-state index contributed by atoms with van der Waals surface area (Å²) in [5, 5.41) is 6.67. The lowest BCUT2D eigenvalue weighted by Gasteiger charge is -2.31. The van der Waals surface area contributed by atoms with Gasteiger partial charge in [-0.1, -0.05) is 36.6 Å². The van der Waals surface area contributed by atoms with Crippen LogP contribution in [0.5, 0.6) is 0 Å². The average molecular weight is 297 g/mol. The second kappa shape index (κ2) is 6.95. The highest BCUT2D eigenvalue weighted by atomic mass is 35.5. The fourth-order valence-corrected chi connectivity index (χ4v) is 2.89. The Morgan fingerprint density at radius 2 is 1.95 bits per heavy atom. The Hall–Kier alpha value is -1.26. The van der Waals surface area contributed by atoms with Crippen molar-refractivity contribution >= 4 is 17.6 Å². The topological polar surface area (TPSA) is 50.4 Å². The van der Waals surface area contributed by atoms with Gasteiger partial charge in [0.15, 0.2) is 0 Å². The number of methoxy groups -OCH3 is 1. The van der Waals surface area contributed by atoms with Crippen molar-refractivity contribution < 1.29 is 9.53 Å². The molecule has 4 nitrogen and oxygen atoms in total. The van der Waals surface area contributed by atoms with E-state index in [-0.39, 0.29) is 11.6 Å². The monoisotopic (exact) mass is 296 g/mol. The van der Waals surface area contributed by atoms with Crippen LogP contribution < -0.4 is 10.6 Å². The van der Waals surface area contributed by atoms with Crippen LogP contribution in [0, 0.1) is 0 Å². The van der Waals surface area contributed by atoms with Crippen LogP contribution in [0.4, 0.5) is 4.79 Å². The molecule has 0 radical (unpaired) electrons. The third-order valence-corrected chi connectivity index (χ3v) is 4.05. The quantitative estimate of drug-likeness (QED) is 0.821. The highest BCUT2D eigenvalue weighted by molar-refractivity contribution is 6.30. The van der Waals surface area contributed by atoms with Crippen LogP contribution in [0.3, 0.4) is 0 Å². The van der Waals surface area contributed by atoms with Crippen LogP contribution in [0.2, 0.25) is 5.02 Å². The number of urea groups is 1. The van der Waals surface area contributed by atoms with Gasteiger partial charge in [-0.15, -0.1) is 0 Å². The smallest absolute Gasteiger partial charge is 0.315 e. The van der Waals surface area contributed by atoms with Gasteiger partial charge in [0.2, 0.25) is 0 Å². The number of benzene rings is 1. The minimum Gasteiger partial charge on any atom is -0.383 e. The molecule has 2 amide bonds. The van der Waals surface area contributed by atoms with E-state index >= 15 is 0 Å². The van der Waals surface area contributed by atoms with Crippen molar-refractivity contribution in [1.82, 2.24) is 10.6 Å². The summed E-state index contributed by atoms with van der Waals surface area (Å²) in [6.45, 7) is 1.03. The number of hydrogen-bond acceptors (Lipinski definition) is 2. The summed E-state index contributed by atoms with van der Waals surface area (Å²) in [4.78, 5) is 12.0. The minimum atomic E-state index is -0.262. The van der Waals surface area contributed by atoms with Gasteiger partial charge in [-0.3, -0.25) is 0 Å². The van der Waals surface area contributed by atoms with Crippen molar-refractivity contribution in [2.75, 3.05) is 20.3 Å². The molecule has 0 bridgehead atoms. The molecule has 0 aliphatic heterocycles. The summed E-state index contributed by atoms with van der Waals surface area (Å²) in [5.74, 6) is 0. The predicted octanol–water partition coefficient (Wildman–Crippen LogP) is 3.05. The Labute approximate surface area is 124 Å². The molecule has 1 aromatic carbocycles. The molecule has 0 spiro atoms. The predicted molar refractivity (Wildman–Crippen MR) is 80.0 cm³/mol. The summed E-state index contributed by atoms with van der Waals surface area (Å²) in [6, 6.07) is 7.62. The zero-order chi connectivity index (χ0) is 14.4. The first-order valence-corrected chi connectivity index (χ1v) is 7.35. The zero-order valence-corrected chi connectivity index (χ0v) is 12.5. The van der Waals surface area contributed by atoms with E-state index < -0.39 is 0 Å². The van der Waals surface area contributed by atoms with Crippen molar-refractivity contribution in [1.29, 1.82) is 0 Å². The number of rotatable bonds is 5. The van der Waals surface area contributed by atoms with Gasteiger partial charge in [0, 0.05) is 18.7 Å². The molecule has 1 aliphatic rings. The van der Waals surface area contributed by atoms with Gasteiger partial charge in [0.1, 0.15) is 0 Å². The fraction of sp³-hybridized carbons (Fsp3) is 0.533. The van der Waals surface area contributed by atoms with Gasteiger partial charge in [-0.2, -0.15) is 0 Å². The Morgan fingerprint density at radius 1 is 1.30 bits per heavy atom. The standard InChI is InChI=1S/C15H21ClN2O2/c1-20-11-10-17-14(19)18-15(8-2-3-9-15)12-4-6-13(16)7-5-12/h4-7H,2-3,8-11H2,1H3,(H2,17,18,19). The average Bonchev–Trinajstić information content (AvgIpc) is 2.89. The summed E-state index contributed by atoms with van der Waals surface area (Å²) < 4.78 is 4.93. The first-order chi connectivity index (χ1) is 9.66. The molecule has 20 heavy (non-hydrogen) atoms. The molecule has 2 N–H and O–H groups in total. The van der Waals surface area contributed by atoms with Gasteiger partial charge in [0.25, 0.3) is 0 Å². The van der Waals surface area contributed by atoms with Crippen molar-refractivity contribution in [3.8, 4) is 0 Å². The maximum atomic E-state index is 12.0. The van der Waals surface area contributed by atoms with Crippen molar-refractivity contribution in [3.63, 3.8) is 0 Å². The van der Waals surface area contributed by atoms with E-state index in [2.05, 4.69) is 10.6 Å². The molecule has 0 heterocycles. The SMILES string of the molecule is COCCNC(=O)NC1(c2ccc(Cl)cc2)CCCC1. The molecule has 5 heteroatoms. The van der Waals surface area contributed by atoms with Crippen molar-refractivity contribution in [2.24, 2.45) is 0 Å². The van der Waals surface area contributed by atoms with Crippen LogP contribution in [0.1, 0.15) is 31.2 Å². The molecule has 0 atom stereocenters. The summed E-state index contributed by atoms with van der Waals surface area (Å²) >= 11 is 5.94. The van der Waals surface area contributed by atoms with Crippen molar-refractivity contribution in [2.45, 2.75) is 31.2 Å². The lowest BCUT2D eigenvalue weighted by Crippen LogP contribution is -2.49. The maximum Gasteiger partial charge on any atom is 0.315 e. The number of amides is 2. The van der Waals surface area contributed by atoms with Gasteiger partial charge in [-0.05, 0) is 30.5 Å². The normalized spacial score (nSPS) is 16.9. The van der Waals surface area contributed by atoms with Crippen LogP contribution in [0.25, 0.3) is 0 Å². The molecule has 1 aromatic rings. The molecule has 1 fully saturated rings. The molecular formula is C15H21ClN2O2. The molecular weight excluding hydrogens is 276 g/mol. The second-order valence-electron chi connectivity index (χ2n) is 5.17. The maximum absolute atomic E-state index is 12.0. The van der Waals surface area contributed by atoms with E-state index in [0.717, 1.165) is 31.2 Å². The van der Waals surface area contributed by atoms with E-state index in [0.29, 0.717) is 18.2 Å². The third kappa shape index (κ3) is 3.64. The van der Waals surface area contributed by atoms with E-state index in [1.165, 1.54) is 0 Å². The highest BCUT2D eigenvalue weighted by Crippen LogP contribution is 2.38. The van der Waals surface area contributed by atoms with Gasteiger partial charge in [0.05, 0.1) is 12.1 Å². The molecule has 1 aliphatic carbocycles. The van der Waals surface area contributed by atoms with E-state index in [1.54, 1.807) is 7.11 Å². The first kappa shape index (κ1) is 15.1. The van der Waals surface area contributed by atoms with E-state index in [4.69, 9.17) is 16.3 Å². The lowest BCUT2D eigenvalue weighted by molar-refractivity contribution is 0.192. The number of carbonyl (C=O) groups is 1. The number of halogens is 1. The Kier molecular flexibility index (Phi) is 5.26. The molecule has 110 valence electrons. The summed E-state index contributed by atoms with van der Waals surface area (Å²) in [5.41, 5.74) is 0.864. The molecule has 0 saturated heterocycles. The lowest BCUT2D eigenvalue weighted by atomic mass is 9.88. The highest BCUT2D eigenvalue weighted by Gasteiger charge is 2.36. The second-order valence-corrected chi connectivity index (χ2v) is 5.61. The number of nitrogens with one attached hydrogen (secondary N) is 2. The Morgan fingerprint density at radius 3 is 2.55 bits per heavy atom. The number of carbonyl (C=O) groups excluding carboxylic acids is 1. The first-order valence-electron chi connectivity index (χ1n) is 6.97.